The van der Waals surface area contributed by atoms with Gasteiger partial charge in [-0.15, -0.1) is 0 Å². The summed E-state index contributed by atoms with van der Waals surface area (Å²) >= 11 is 0. The fourth-order valence-corrected chi connectivity index (χ4v) is 2.66. The Hall–Kier alpha value is -2.73. The third-order valence-corrected chi connectivity index (χ3v) is 4.24. The Bertz CT molecular complexity index is 717. The lowest BCUT2D eigenvalue weighted by molar-refractivity contribution is -0.145. The monoisotopic (exact) mass is 387 g/mol. The number of aliphatic carboxylic acids is 1. The summed E-state index contributed by atoms with van der Waals surface area (Å²) in [5.41, 5.74) is 1.11. The van der Waals surface area contributed by atoms with Crippen molar-refractivity contribution in [3.05, 3.63) is 54.1 Å². The van der Waals surface area contributed by atoms with Crippen LogP contribution in [0.25, 0.3) is 0 Å². The van der Waals surface area contributed by atoms with E-state index in [1.807, 2.05) is 42.5 Å². The number of carbonyl (C=O) groups is 1. The van der Waals surface area contributed by atoms with Crippen molar-refractivity contribution < 1.29 is 24.1 Å². The maximum absolute atomic E-state index is 11.1. The van der Waals surface area contributed by atoms with E-state index in [-0.39, 0.29) is 0 Å². The molecule has 0 heterocycles. The van der Waals surface area contributed by atoms with E-state index in [1.54, 1.807) is 20.1 Å². The van der Waals surface area contributed by atoms with Crippen LogP contribution in [0, 0.1) is 0 Å². The first kappa shape index (κ1) is 21.6. The van der Waals surface area contributed by atoms with E-state index < -0.39 is 12.1 Å². The van der Waals surface area contributed by atoms with Gasteiger partial charge in [-0.3, -0.25) is 0 Å². The number of benzene rings is 2. The maximum atomic E-state index is 11.1. The molecule has 0 bridgehead atoms. The molecule has 1 unspecified atom stereocenters. The van der Waals surface area contributed by atoms with Gasteiger partial charge in [-0.2, -0.15) is 0 Å². The molecule has 0 saturated heterocycles. The van der Waals surface area contributed by atoms with Gasteiger partial charge in [0.15, 0.2) is 6.10 Å². The number of methoxy groups -OCH3 is 1. The Balaban J connectivity index is 1.62. The van der Waals surface area contributed by atoms with E-state index in [9.17, 15) is 4.79 Å². The first-order valence-electron chi connectivity index (χ1n) is 9.58. The molecule has 0 spiro atoms. The van der Waals surface area contributed by atoms with Gasteiger partial charge in [-0.25, -0.2) is 4.79 Å². The summed E-state index contributed by atoms with van der Waals surface area (Å²) in [5.74, 6) is 1.31. The third kappa shape index (κ3) is 7.48. The summed E-state index contributed by atoms with van der Waals surface area (Å²) in [5, 5.41) is 12.5. The zero-order valence-corrected chi connectivity index (χ0v) is 16.5. The topological polar surface area (TPSA) is 77.0 Å². The highest BCUT2D eigenvalue weighted by Crippen LogP contribution is 2.17. The van der Waals surface area contributed by atoms with Crippen LogP contribution in [0.15, 0.2) is 48.5 Å². The smallest absolute Gasteiger partial charge is 0.344 e. The van der Waals surface area contributed by atoms with E-state index in [0.717, 1.165) is 43.0 Å². The SMILES string of the molecule is CCC(Oc1cccc(CCNCCCOc2ccc(OC)cc2)c1)C(=O)O. The summed E-state index contributed by atoms with van der Waals surface area (Å²) in [4.78, 5) is 11.1. The van der Waals surface area contributed by atoms with Gasteiger partial charge in [-0.05, 0) is 74.3 Å². The highest BCUT2D eigenvalue weighted by molar-refractivity contribution is 5.72. The van der Waals surface area contributed by atoms with Gasteiger partial charge in [0.05, 0.1) is 13.7 Å². The van der Waals surface area contributed by atoms with Crippen molar-refractivity contribution in [2.75, 3.05) is 26.8 Å². The molecule has 152 valence electrons. The summed E-state index contributed by atoms with van der Waals surface area (Å²) < 4.78 is 16.3. The molecule has 0 radical (unpaired) electrons. The van der Waals surface area contributed by atoms with Crippen molar-refractivity contribution in [1.29, 1.82) is 0 Å². The average Bonchev–Trinajstić information content (AvgIpc) is 2.72. The number of hydrogen-bond donors (Lipinski definition) is 2. The van der Waals surface area contributed by atoms with E-state index in [1.165, 1.54) is 0 Å². The average molecular weight is 387 g/mol. The van der Waals surface area contributed by atoms with Crippen molar-refractivity contribution >= 4 is 5.97 Å². The van der Waals surface area contributed by atoms with Crippen molar-refractivity contribution in [2.45, 2.75) is 32.3 Å². The number of hydrogen-bond acceptors (Lipinski definition) is 5. The predicted octanol–water partition coefficient (Wildman–Crippen LogP) is 3.54. The van der Waals surface area contributed by atoms with Crippen molar-refractivity contribution in [1.82, 2.24) is 5.32 Å². The van der Waals surface area contributed by atoms with Crippen LogP contribution >= 0.6 is 0 Å². The van der Waals surface area contributed by atoms with E-state index in [4.69, 9.17) is 19.3 Å². The lowest BCUT2D eigenvalue weighted by Crippen LogP contribution is -2.26. The molecule has 0 aliphatic heterocycles. The largest absolute Gasteiger partial charge is 0.497 e. The quantitative estimate of drug-likeness (QED) is 0.512. The Kier molecular flexibility index (Phi) is 9.15. The first-order chi connectivity index (χ1) is 13.6. The Morgan fingerprint density at radius 1 is 1.07 bits per heavy atom. The highest BCUT2D eigenvalue weighted by Gasteiger charge is 2.16. The Morgan fingerprint density at radius 3 is 2.50 bits per heavy atom. The zero-order chi connectivity index (χ0) is 20.2. The van der Waals surface area contributed by atoms with Crippen LogP contribution in [-0.2, 0) is 11.2 Å². The third-order valence-electron chi connectivity index (χ3n) is 4.24. The van der Waals surface area contributed by atoms with Crippen LogP contribution in [0.2, 0.25) is 0 Å². The van der Waals surface area contributed by atoms with Crippen LogP contribution in [0.4, 0.5) is 0 Å². The van der Waals surface area contributed by atoms with Gasteiger partial charge < -0.3 is 24.6 Å². The molecule has 0 aliphatic carbocycles. The van der Waals surface area contributed by atoms with Crippen LogP contribution < -0.4 is 19.5 Å². The molecule has 2 aromatic rings. The lowest BCUT2D eigenvalue weighted by Gasteiger charge is -2.14. The molecule has 0 aromatic heterocycles. The maximum Gasteiger partial charge on any atom is 0.344 e. The molecule has 6 nitrogen and oxygen atoms in total. The van der Waals surface area contributed by atoms with Gasteiger partial charge in [0.25, 0.3) is 0 Å². The summed E-state index contributed by atoms with van der Waals surface area (Å²) in [6.45, 7) is 4.15. The number of rotatable bonds is 13. The van der Waals surface area contributed by atoms with Crippen molar-refractivity contribution in [2.24, 2.45) is 0 Å². The van der Waals surface area contributed by atoms with Crippen LogP contribution in [0.3, 0.4) is 0 Å². The van der Waals surface area contributed by atoms with Crippen molar-refractivity contribution in [3.63, 3.8) is 0 Å². The molecule has 0 amide bonds. The number of carboxylic acid groups (broad SMARTS) is 1. The minimum absolute atomic E-state index is 0.430. The number of ether oxygens (including phenoxy) is 3. The first-order valence-corrected chi connectivity index (χ1v) is 9.58. The van der Waals surface area contributed by atoms with E-state index in [0.29, 0.717) is 18.8 Å². The van der Waals surface area contributed by atoms with Gasteiger partial charge in [-0.1, -0.05) is 19.1 Å². The lowest BCUT2D eigenvalue weighted by atomic mass is 10.1. The predicted molar refractivity (Wildman–Crippen MR) is 108 cm³/mol. The summed E-state index contributed by atoms with van der Waals surface area (Å²) in [7, 11) is 1.64. The Labute approximate surface area is 166 Å². The molecule has 0 fully saturated rings. The van der Waals surface area contributed by atoms with Gasteiger partial charge >= 0.3 is 5.97 Å². The van der Waals surface area contributed by atoms with Gasteiger partial charge in [0, 0.05) is 0 Å². The normalized spacial score (nSPS) is 11.6. The second-order valence-corrected chi connectivity index (χ2v) is 6.38. The molecule has 28 heavy (non-hydrogen) atoms. The highest BCUT2D eigenvalue weighted by atomic mass is 16.5. The van der Waals surface area contributed by atoms with Gasteiger partial charge in [0.2, 0.25) is 0 Å². The molecule has 0 aliphatic rings. The summed E-state index contributed by atoms with van der Waals surface area (Å²) in [6, 6.07) is 15.2. The number of carboxylic acids is 1. The summed E-state index contributed by atoms with van der Waals surface area (Å²) in [6.07, 6.45) is 1.38. The molecule has 0 saturated carbocycles. The molecule has 2 rings (SSSR count). The van der Waals surface area contributed by atoms with Crippen LogP contribution in [0.1, 0.15) is 25.3 Å². The van der Waals surface area contributed by atoms with Crippen LogP contribution in [0.5, 0.6) is 17.2 Å². The minimum atomic E-state index is -0.938. The molecular weight excluding hydrogens is 358 g/mol. The fraction of sp³-hybridized carbons (Fsp3) is 0.409. The molecular formula is C22H29NO5. The van der Waals surface area contributed by atoms with E-state index in [2.05, 4.69) is 5.32 Å². The second kappa shape index (κ2) is 11.9. The van der Waals surface area contributed by atoms with Gasteiger partial charge in [0.1, 0.15) is 17.2 Å². The molecule has 2 N–H and O–H groups in total. The van der Waals surface area contributed by atoms with E-state index >= 15 is 0 Å². The minimum Gasteiger partial charge on any atom is -0.497 e. The Morgan fingerprint density at radius 2 is 1.82 bits per heavy atom. The second-order valence-electron chi connectivity index (χ2n) is 6.38. The molecule has 2 aromatic carbocycles. The van der Waals surface area contributed by atoms with Crippen molar-refractivity contribution in [3.8, 4) is 17.2 Å². The standard InChI is InChI=1S/C22H29NO5/c1-3-21(22(24)25)28-20-7-4-6-17(16-20)12-14-23-13-5-15-27-19-10-8-18(26-2)9-11-19/h4,6-11,16,21,23H,3,5,12-15H2,1-2H3,(H,24,25). The van der Waals surface area contributed by atoms with Crippen LogP contribution in [-0.4, -0.2) is 44.0 Å². The zero-order valence-electron chi connectivity index (χ0n) is 16.5. The number of nitrogens with one attached hydrogen (secondary N) is 1. The fourth-order valence-electron chi connectivity index (χ4n) is 2.66. The molecule has 1 atom stereocenters. The molecule has 6 heteroatoms.